The number of hydrogen-bond donors (Lipinski definition) is 0. The summed E-state index contributed by atoms with van der Waals surface area (Å²) in [6.07, 6.45) is 3.91. The van der Waals surface area contributed by atoms with Gasteiger partial charge in [-0.05, 0) is 89.6 Å². The second kappa shape index (κ2) is 9.25. The highest BCUT2D eigenvalue weighted by Gasteiger charge is 2.25. The highest BCUT2D eigenvalue weighted by atomic mass is 16.5. The van der Waals surface area contributed by atoms with Crippen LogP contribution in [0.5, 0.6) is 11.5 Å². The molecule has 9 aromatic rings. The molecule has 1 aliphatic rings. The Morgan fingerprint density at radius 2 is 0.956 bits per heavy atom. The second-order valence-corrected chi connectivity index (χ2v) is 11.9. The summed E-state index contributed by atoms with van der Waals surface area (Å²) in [5, 5.41) is 12.1. The normalized spacial score (nSPS) is 12.2. The average Bonchev–Trinajstić information content (AvgIpc) is 3.11. The van der Waals surface area contributed by atoms with Gasteiger partial charge < -0.3 is 4.74 Å². The number of pyridine rings is 1. The lowest BCUT2D eigenvalue weighted by molar-refractivity contribution is 0.488. The van der Waals surface area contributed by atoms with Crippen LogP contribution in [0.15, 0.2) is 152 Å². The van der Waals surface area contributed by atoms with Gasteiger partial charge in [0, 0.05) is 34.3 Å². The van der Waals surface area contributed by atoms with Gasteiger partial charge in [-0.15, -0.1) is 0 Å². The summed E-state index contributed by atoms with van der Waals surface area (Å²) in [5.41, 5.74) is 7.08. The highest BCUT2D eigenvalue weighted by Crippen LogP contribution is 2.52. The van der Waals surface area contributed by atoms with Crippen molar-refractivity contribution in [2.45, 2.75) is 0 Å². The van der Waals surface area contributed by atoms with E-state index in [1.165, 1.54) is 59.8 Å². The molecule has 0 spiro atoms. The molecule has 1 aliphatic heterocycles. The lowest BCUT2D eigenvalue weighted by Crippen LogP contribution is -2.00. The van der Waals surface area contributed by atoms with Crippen molar-refractivity contribution in [2.24, 2.45) is 0 Å². The Kier molecular flexibility index (Phi) is 5.03. The molecule has 0 unspecified atom stereocenters. The third-order valence-corrected chi connectivity index (χ3v) is 9.50. The fourth-order valence-electron chi connectivity index (χ4n) is 7.55. The monoisotopic (exact) mass is 571 g/mol. The molecular weight excluding hydrogens is 546 g/mol. The summed E-state index contributed by atoms with van der Waals surface area (Å²) < 4.78 is 6.73. The lowest BCUT2D eigenvalue weighted by Gasteiger charge is -2.24. The van der Waals surface area contributed by atoms with E-state index in [0.717, 1.165) is 39.0 Å². The van der Waals surface area contributed by atoms with Gasteiger partial charge in [-0.3, -0.25) is 4.98 Å². The molecule has 2 heteroatoms. The third-order valence-electron chi connectivity index (χ3n) is 9.50. The molecule has 0 N–H and O–H groups in total. The number of nitrogens with zero attached hydrogens (tertiary/aromatic N) is 1. The Morgan fingerprint density at radius 1 is 0.378 bits per heavy atom. The first-order valence-electron chi connectivity index (χ1n) is 15.4. The molecular formula is C43H25NO. The summed E-state index contributed by atoms with van der Waals surface area (Å²) in [5.74, 6) is 1.74. The fraction of sp³-hybridized carbons (Fsp3) is 0. The van der Waals surface area contributed by atoms with Gasteiger partial charge in [0.15, 0.2) is 0 Å². The van der Waals surface area contributed by atoms with E-state index in [1.807, 2.05) is 18.5 Å². The van der Waals surface area contributed by atoms with Gasteiger partial charge in [0.05, 0.1) is 0 Å². The van der Waals surface area contributed by atoms with Crippen molar-refractivity contribution in [2.75, 3.05) is 0 Å². The first kappa shape index (κ1) is 24.5. The number of ether oxygens (including phenoxy) is 1. The van der Waals surface area contributed by atoms with Crippen molar-refractivity contribution < 1.29 is 4.74 Å². The standard InChI is InChI=1S/C43H25NO/c1-2-11-26(12-3-1)34-21-35-30-16-6-7-17-31(30)37(22-36(35)29-15-5-4-14-28(29)34)38-23-41-43(33-19-9-8-18-32(33)38)39-25-44-24-27-13-10-20-40(45-41)42(27)39/h1-25H. The SMILES string of the molecule is c1ccc(-c2cc3c4ccccc4c(-c4cc5c(c6ccccc46)-c4cncc6cccc(c46)O5)cc3c3ccccc23)cc1. The number of aromatic nitrogens is 1. The summed E-state index contributed by atoms with van der Waals surface area (Å²) in [4.78, 5) is 4.62. The quantitative estimate of drug-likeness (QED) is 0.193. The minimum absolute atomic E-state index is 0.866. The summed E-state index contributed by atoms with van der Waals surface area (Å²) in [7, 11) is 0. The van der Waals surface area contributed by atoms with Crippen LogP contribution in [0, 0.1) is 0 Å². The van der Waals surface area contributed by atoms with Crippen molar-refractivity contribution in [1.29, 1.82) is 0 Å². The smallest absolute Gasteiger partial charge is 0.136 e. The number of rotatable bonds is 2. The van der Waals surface area contributed by atoms with Crippen molar-refractivity contribution in [1.82, 2.24) is 4.98 Å². The molecule has 2 nitrogen and oxygen atoms in total. The van der Waals surface area contributed by atoms with Crippen LogP contribution in [0.1, 0.15) is 0 Å². The van der Waals surface area contributed by atoms with Crippen LogP contribution in [0.3, 0.4) is 0 Å². The fourth-order valence-corrected chi connectivity index (χ4v) is 7.55. The molecule has 0 fully saturated rings. The van der Waals surface area contributed by atoms with E-state index < -0.39 is 0 Å². The Hall–Kier alpha value is -5.99. The van der Waals surface area contributed by atoms with E-state index in [0.29, 0.717) is 0 Å². The molecule has 2 heterocycles. The average molecular weight is 572 g/mol. The molecule has 10 rings (SSSR count). The van der Waals surface area contributed by atoms with Crippen molar-refractivity contribution in [3.05, 3.63) is 152 Å². The lowest BCUT2D eigenvalue weighted by atomic mass is 9.85. The molecule has 0 atom stereocenters. The van der Waals surface area contributed by atoms with Crippen LogP contribution < -0.4 is 4.74 Å². The molecule has 45 heavy (non-hydrogen) atoms. The third kappa shape index (κ3) is 3.48. The largest absolute Gasteiger partial charge is 0.456 e. The van der Waals surface area contributed by atoms with Crippen LogP contribution in [0.25, 0.3) is 87.2 Å². The predicted molar refractivity (Wildman–Crippen MR) is 188 cm³/mol. The van der Waals surface area contributed by atoms with E-state index in [2.05, 4.69) is 138 Å². The van der Waals surface area contributed by atoms with Crippen LogP contribution in [0.4, 0.5) is 0 Å². The Balaban J connectivity index is 1.33. The second-order valence-electron chi connectivity index (χ2n) is 11.9. The molecule has 0 amide bonds. The molecule has 0 saturated heterocycles. The molecule has 1 aromatic heterocycles. The minimum atomic E-state index is 0.866. The maximum absolute atomic E-state index is 6.73. The zero-order valence-electron chi connectivity index (χ0n) is 24.3. The maximum atomic E-state index is 6.73. The minimum Gasteiger partial charge on any atom is -0.456 e. The van der Waals surface area contributed by atoms with E-state index in [9.17, 15) is 0 Å². The molecule has 208 valence electrons. The van der Waals surface area contributed by atoms with Crippen LogP contribution in [-0.4, -0.2) is 4.98 Å². The van der Waals surface area contributed by atoms with Gasteiger partial charge in [0.2, 0.25) is 0 Å². The van der Waals surface area contributed by atoms with Crippen molar-refractivity contribution >= 4 is 53.9 Å². The molecule has 0 saturated carbocycles. The van der Waals surface area contributed by atoms with E-state index in [4.69, 9.17) is 4.74 Å². The van der Waals surface area contributed by atoms with Crippen molar-refractivity contribution in [3.8, 4) is 44.9 Å². The predicted octanol–water partition coefficient (Wildman–Crippen LogP) is 12.0. The number of benzene rings is 8. The van der Waals surface area contributed by atoms with E-state index in [-0.39, 0.29) is 0 Å². The molecule has 0 radical (unpaired) electrons. The van der Waals surface area contributed by atoms with Crippen LogP contribution in [-0.2, 0) is 0 Å². The topological polar surface area (TPSA) is 22.1 Å². The summed E-state index contributed by atoms with van der Waals surface area (Å²) >= 11 is 0. The van der Waals surface area contributed by atoms with E-state index >= 15 is 0 Å². The number of hydrogen-bond acceptors (Lipinski definition) is 2. The highest BCUT2D eigenvalue weighted by molar-refractivity contribution is 6.25. The molecule has 0 aliphatic carbocycles. The number of fused-ring (bicyclic) bond motifs is 9. The van der Waals surface area contributed by atoms with Crippen LogP contribution >= 0.6 is 0 Å². The Labute approximate surface area is 259 Å². The zero-order chi connectivity index (χ0) is 29.5. The molecule has 0 bridgehead atoms. The Bertz CT molecular complexity index is 2670. The van der Waals surface area contributed by atoms with Gasteiger partial charge >= 0.3 is 0 Å². The van der Waals surface area contributed by atoms with Gasteiger partial charge in [-0.1, -0.05) is 115 Å². The van der Waals surface area contributed by atoms with Gasteiger partial charge in [-0.25, -0.2) is 0 Å². The van der Waals surface area contributed by atoms with Gasteiger partial charge in [-0.2, -0.15) is 0 Å². The summed E-state index contributed by atoms with van der Waals surface area (Å²) in [6, 6.07) is 50.4. The van der Waals surface area contributed by atoms with Crippen molar-refractivity contribution in [3.63, 3.8) is 0 Å². The maximum Gasteiger partial charge on any atom is 0.136 e. The first-order chi connectivity index (χ1) is 22.3. The molecule has 8 aromatic carbocycles. The van der Waals surface area contributed by atoms with Gasteiger partial charge in [0.1, 0.15) is 11.5 Å². The zero-order valence-corrected chi connectivity index (χ0v) is 24.3. The van der Waals surface area contributed by atoms with Crippen LogP contribution in [0.2, 0.25) is 0 Å². The van der Waals surface area contributed by atoms with E-state index in [1.54, 1.807) is 0 Å². The first-order valence-corrected chi connectivity index (χ1v) is 15.4. The summed E-state index contributed by atoms with van der Waals surface area (Å²) in [6.45, 7) is 0. The van der Waals surface area contributed by atoms with Gasteiger partial charge in [0.25, 0.3) is 0 Å². The Morgan fingerprint density at radius 3 is 1.69 bits per heavy atom.